The number of aromatic nitrogens is 2. The lowest BCUT2D eigenvalue weighted by atomic mass is 10.1. The molecule has 78 valence electrons. The fourth-order valence-electron chi connectivity index (χ4n) is 1.52. The summed E-state index contributed by atoms with van der Waals surface area (Å²) in [7, 11) is 0. The maximum absolute atomic E-state index is 4.15. The molecule has 1 heterocycles. The minimum atomic E-state index is 0.779. The molecule has 2 rings (SSSR count). The highest BCUT2D eigenvalue weighted by atomic mass is 15.0. The van der Waals surface area contributed by atoms with Crippen LogP contribution in [0.25, 0.3) is 0 Å². The van der Waals surface area contributed by atoms with E-state index in [1.807, 2.05) is 6.20 Å². The Morgan fingerprint density at radius 3 is 2.87 bits per heavy atom. The van der Waals surface area contributed by atoms with Crippen molar-refractivity contribution in [3.8, 4) is 0 Å². The van der Waals surface area contributed by atoms with E-state index in [9.17, 15) is 0 Å². The molecule has 0 aliphatic rings. The van der Waals surface area contributed by atoms with Gasteiger partial charge in [0.15, 0.2) is 0 Å². The maximum Gasteiger partial charge on any atom is 0.120 e. The minimum Gasteiger partial charge on any atom is -0.348 e. The van der Waals surface area contributed by atoms with Gasteiger partial charge in [-0.1, -0.05) is 24.3 Å². The van der Waals surface area contributed by atoms with Gasteiger partial charge in [0, 0.05) is 18.9 Å². The first-order chi connectivity index (χ1) is 7.36. The summed E-state index contributed by atoms with van der Waals surface area (Å²) in [6, 6.07) is 8.40. The molecule has 0 bridgehead atoms. The Balaban J connectivity index is 1.86. The SMILES string of the molecule is Cc1ccccc1CNCc1ncc[nH]1. The number of hydrogen-bond donors (Lipinski definition) is 2. The second kappa shape index (κ2) is 4.75. The first kappa shape index (κ1) is 9.93. The molecule has 0 radical (unpaired) electrons. The third-order valence-corrected chi connectivity index (χ3v) is 2.42. The topological polar surface area (TPSA) is 40.7 Å². The van der Waals surface area contributed by atoms with Crippen LogP contribution in [0.3, 0.4) is 0 Å². The van der Waals surface area contributed by atoms with E-state index < -0.39 is 0 Å². The van der Waals surface area contributed by atoms with Crippen molar-refractivity contribution < 1.29 is 0 Å². The van der Waals surface area contributed by atoms with Crippen LogP contribution in [0.15, 0.2) is 36.7 Å². The molecule has 3 nitrogen and oxygen atoms in total. The zero-order valence-electron chi connectivity index (χ0n) is 8.83. The van der Waals surface area contributed by atoms with E-state index in [4.69, 9.17) is 0 Å². The zero-order valence-corrected chi connectivity index (χ0v) is 8.83. The van der Waals surface area contributed by atoms with Crippen molar-refractivity contribution in [2.45, 2.75) is 20.0 Å². The molecule has 2 N–H and O–H groups in total. The summed E-state index contributed by atoms with van der Waals surface area (Å²) in [6.07, 6.45) is 3.61. The summed E-state index contributed by atoms with van der Waals surface area (Å²) >= 11 is 0. The van der Waals surface area contributed by atoms with E-state index in [1.54, 1.807) is 6.20 Å². The summed E-state index contributed by atoms with van der Waals surface area (Å²) < 4.78 is 0. The summed E-state index contributed by atoms with van der Waals surface area (Å²) in [5.74, 6) is 0.976. The average molecular weight is 201 g/mol. The molecule has 1 aromatic carbocycles. The van der Waals surface area contributed by atoms with E-state index in [-0.39, 0.29) is 0 Å². The Hall–Kier alpha value is -1.61. The summed E-state index contributed by atoms with van der Waals surface area (Å²) in [4.78, 5) is 7.22. The molecule has 0 spiro atoms. The van der Waals surface area contributed by atoms with Crippen LogP contribution < -0.4 is 5.32 Å². The van der Waals surface area contributed by atoms with Gasteiger partial charge in [0.25, 0.3) is 0 Å². The molecular weight excluding hydrogens is 186 g/mol. The molecule has 1 aromatic heterocycles. The standard InChI is InChI=1S/C12H15N3/c1-10-4-2-3-5-11(10)8-13-9-12-14-6-7-15-12/h2-7,13H,8-9H2,1H3,(H,14,15). The molecular formula is C12H15N3. The fraction of sp³-hybridized carbons (Fsp3) is 0.250. The number of benzene rings is 1. The van der Waals surface area contributed by atoms with Crippen molar-refractivity contribution in [2.24, 2.45) is 0 Å². The normalized spacial score (nSPS) is 10.5. The second-order valence-electron chi connectivity index (χ2n) is 3.57. The highest BCUT2D eigenvalue weighted by Gasteiger charge is 1.97. The van der Waals surface area contributed by atoms with Crippen molar-refractivity contribution in [3.05, 3.63) is 53.6 Å². The maximum atomic E-state index is 4.15. The molecule has 0 atom stereocenters. The third-order valence-electron chi connectivity index (χ3n) is 2.42. The quantitative estimate of drug-likeness (QED) is 0.794. The van der Waals surface area contributed by atoms with Crippen LogP contribution in [0.5, 0.6) is 0 Å². The lowest BCUT2D eigenvalue weighted by molar-refractivity contribution is 0.666. The fourth-order valence-corrected chi connectivity index (χ4v) is 1.52. The Morgan fingerprint density at radius 2 is 2.13 bits per heavy atom. The number of nitrogens with zero attached hydrogens (tertiary/aromatic N) is 1. The van der Waals surface area contributed by atoms with Crippen molar-refractivity contribution in [1.82, 2.24) is 15.3 Å². The van der Waals surface area contributed by atoms with Crippen LogP contribution in [0.2, 0.25) is 0 Å². The lowest BCUT2D eigenvalue weighted by Gasteiger charge is -2.05. The first-order valence-electron chi connectivity index (χ1n) is 5.10. The molecule has 0 aliphatic heterocycles. The predicted molar refractivity (Wildman–Crippen MR) is 60.3 cm³/mol. The molecule has 0 unspecified atom stereocenters. The van der Waals surface area contributed by atoms with Gasteiger partial charge in [0.2, 0.25) is 0 Å². The number of aromatic amines is 1. The lowest BCUT2D eigenvalue weighted by Crippen LogP contribution is -2.14. The van der Waals surface area contributed by atoms with Crippen LogP contribution >= 0.6 is 0 Å². The molecule has 0 saturated heterocycles. The Bertz CT molecular complexity index is 407. The van der Waals surface area contributed by atoms with Gasteiger partial charge in [0.05, 0.1) is 6.54 Å². The molecule has 0 aliphatic carbocycles. The molecule has 15 heavy (non-hydrogen) atoms. The molecule has 2 aromatic rings. The number of H-pyrrole nitrogens is 1. The molecule has 0 fully saturated rings. The van der Waals surface area contributed by atoms with Gasteiger partial charge in [-0.25, -0.2) is 4.98 Å². The van der Waals surface area contributed by atoms with Crippen LogP contribution in [0.4, 0.5) is 0 Å². The van der Waals surface area contributed by atoms with Gasteiger partial charge < -0.3 is 10.3 Å². The molecule has 0 amide bonds. The average Bonchev–Trinajstić information content (AvgIpc) is 2.74. The van der Waals surface area contributed by atoms with Gasteiger partial charge >= 0.3 is 0 Å². The van der Waals surface area contributed by atoms with Crippen molar-refractivity contribution >= 4 is 0 Å². The highest BCUT2D eigenvalue weighted by molar-refractivity contribution is 5.25. The van der Waals surface area contributed by atoms with Crippen LogP contribution in [0.1, 0.15) is 17.0 Å². The highest BCUT2D eigenvalue weighted by Crippen LogP contribution is 2.06. The van der Waals surface area contributed by atoms with Crippen molar-refractivity contribution in [3.63, 3.8) is 0 Å². The largest absolute Gasteiger partial charge is 0.348 e. The number of aryl methyl sites for hydroxylation is 1. The van der Waals surface area contributed by atoms with E-state index in [0.29, 0.717) is 0 Å². The van der Waals surface area contributed by atoms with E-state index in [2.05, 4.69) is 46.5 Å². The van der Waals surface area contributed by atoms with Crippen LogP contribution in [0, 0.1) is 6.92 Å². The van der Waals surface area contributed by atoms with E-state index in [1.165, 1.54) is 11.1 Å². The van der Waals surface area contributed by atoms with Gasteiger partial charge in [-0.2, -0.15) is 0 Å². The predicted octanol–water partition coefficient (Wildman–Crippen LogP) is 2.01. The van der Waals surface area contributed by atoms with E-state index >= 15 is 0 Å². The van der Waals surface area contributed by atoms with Gasteiger partial charge in [-0.3, -0.25) is 0 Å². The van der Waals surface area contributed by atoms with Crippen molar-refractivity contribution in [1.29, 1.82) is 0 Å². The van der Waals surface area contributed by atoms with Gasteiger partial charge in [0.1, 0.15) is 5.82 Å². The number of nitrogens with one attached hydrogen (secondary N) is 2. The number of rotatable bonds is 4. The summed E-state index contributed by atoms with van der Waals surface area (Å²) in [6.45, 7) is 3.79. The summed E-state index contributed by atoms with van der Waals surface area (Å²) in [5, 5.41) is 3.35. The minimum absolute atomic E-state index is 0.779. The Kier molecular flexibility index (Phi) is 3.15. The zero-order chi connectivity index (χ0) is 10.5. The van der Waals surface area contributed by atoms with Crippen LogP contribution in [-0.2, 0) is 13.1 Å². The second-order valence-corrected chi connectivity index (χ2v) is 3.57. The number of hydrogen-bond acceptors (Lipinski definition) is 2. The molecule has 3 heteroatoms. The monoisotopic (exact) mass is 201 g/mol. The van der Waals surface area contributed by atoms with Crippen LogP contribution in [-0.4, -0.2) is 9.97 Å². The third kappa shape index (κ3) is 2.67. The first-order valence-corrected chi connectivity index (χ1v) is 5.10. The van der Waals surface area contributed by atoms with E-state index in [0.717, 1.165) is 18.9 Å². The smallest absolute Gasteiger partial charge is 0.120 e. The Labute approximate surface area is 89.6 Å². The van der Waals surface area contributed by atoms with Gasteiger partial charge in [-0.05, 0) is 18.1 Å². The number of imidazole rings is 1. The summed E-state index contributed by atoms with van der Waals surface area (Å²) in [5.41, 5.74) is 2.66. The van der Waals surface area contributed by atoms with Gasteiger partial charge in [-0.15, -0.1) is 0 Å². The molecule has 0 saturated carbocycles. The Morgan fingerprint density at radius 1 is 1.27 bits per heavy atom. The van der Waals surface area contributed by atoms with Crippen molar-refractivity contribution in [2.75, 3.05) is 0 Å².